The van der Waals surface area contributed by atoms with Gasteiger partial charge in [0.25, 0.3) is 0 Å². The zero-order valence-corrected chi connectivity index (χ0v) is 12.3. The average Bonchev–Trinajstić information content (AvgIpc) is 2.85. The van der Waals surface area contributed by atoms with E-state index in [0.717, 1.165) is 37.5 Å². The molecule has 1 aliphatic rings. The fourth-order valence-electron chi connectivity index (χ4n) is 2.79. The zero-order valence-electron chi connectivity index (χ0n) is 12.3. The molecule has 2 atom stereocenters. The molecule has 0 aromatic carbocycles. The van der Waals surface area contributed by atoms with Gasteiger partial charge in [-0.25, -0.2) is 9.97 Å². The smallest absolute Gasteiger partial charge is 0.137 e. The van der Waals surface area contributed by atoms with Gasteiger partial charge in [0, 0.05) is 26.3 Å². The molecule has 1 aromatic rings. The summed E-state index contributed by atoms with van der Waals surface area (Å²) in [6, 6.07) is 0.398. The Morgan fingerprint density at radius 2 is 2.26 bits per heavy atom. The minimum absolute atomic E-state index is 0.257. The standard InChI is InChI=1S/C14H24N4O/c1-5-6-11-13(15-3)16-9-17-14(11)18(4)12-7-8-19-10(12)2/h9-10,12H,5-8H2,1-4H3,(H,15,16,17). The van der Waals surface area contributed by atoms with Crippen molar-refractivity contribution >= 4 is 11.6 Å². The minimum atomic E-state index is 0.257. The van der Waals surface area contributed by atoms with E-state index < -0.39 is 0 Å². The third-order valence-corrected chi connectivity index (χ3v) is 3.83. The number of hydrogen-bond acceptors (Lipinski definition) is 5. The van der Waals surface area contributed by atoms with Crippen LogP contribution < -0.4 is 10.2 Å². The van der Waals surface area contributed by atoms with E-state index in [1.807, 2.05) is 7.05 Å². The molecule has 1 N–H and O–H groups in total. The maximum absolute atomic E-state index is 5.66. The molecule has 0 radical (unpaired) electrons. The number of anilines is 2. The molecular weight excluding hydrogens is 240 g/mol. The van der Waals surface area contributed by atoms with Crippen molar-refractivity contribution in [3.63, 3.8) is 0 Å². The summed E-state index contributed by atoms with van der Waals surface area (Å²) in [7, 11) is 4.02. The van der Waals surface area contributed by atoms with Crippen LogP contribution in [0.25, 0.3) is 0 Å². The van der Waals surface area contributed by atoms with E-state index in [1.165, 1.54) is 5.56 Å². The summed E-state index contributed by atoms with van der Waals surface area (Å²) in [6.07, 6.45) is 5.02. The van der Waals surface area contributed by atoms with Crippen LogP contribution in [0.4, 0.5) is 11.6 Å². The second kappa shape index (κ2) is 6.19. The number of hydrogen-bond donors (Lipinski definition) is 1. The normalized spacial score (nSPS) is 22.5. The van der Waals surface area contributed by atoms with Crippen LogP contribution in [0.1, 0.15) is 32.3 Å². The first-order valence-corrected chi connectivity index (χ1v) is 7.05. The Morgan fingerprint density at radius 3 is 2.84 bits per heavy atom. The molecule has 2 heterocycles. The Bertz CT molecular complexity index is 424. The van der Waals surface area contributed by atoms with Crippen LogP contribution >= 0.6 is 0 Å². The Hall–Kier alpha value is -1.36. The summed E-state index contributed by atoms with van der Waals surface area (Å²) in [5, 5.41) is 3.17. The van der Waals surface area contributed by atoms with Gasteiger partial charge in [-0.3, -0.25) is 0 Å². The third-order valence-electron chi connectivity index (χ3n) is 3.83. The van der Waals surface area contributed by atoms with E-state index in [9.17, 15) is 0 Å². The van der Waals surface area contributed by atoms with Gasteiger partial charge in [-0.2, -0.15) is 0 Å². The largest absolute Gasteiger partial charge is 0.376 e. The lowest BCUT2D eigenvalue weighted by Gasteiger charge is -2.29. The number of likely N-dealkylation sites (N-methyl/N-ethyl adjacent to an activating group) is 1. The van der Waals surface area contributed by atoms with Crippen LogP contribution in [0.15, 0.2) is 6.33 Å². The number of aromatic nitrogens is 2. The average molecular weight is 264 g/mol. The first kappa shape index (κ1) is 14.1. The summed E-state index contributed by atoms with van der Waals surface area (Å²) in [6.45, 7) is 5.15. The molecule has 5 nitrogen and oxygen atoms in total. The van der Waals surface area contributed by atoms with Crippen molar-refractivity contribution in [1.82, 2.24) is 9.97 Å². The van der Waals surface area contributed by atoms with E-state index in [2.05, 4.69) is 41.1 Å². The molecule has 1 aliphatic heterocycles. The molecule has 2 rings (SSSR count). The van der Waals surface area contributed by atoms with Crippen LogP contribution in [-0.2, 0) is 11.2 Å². The topological polar surface area (TPSA) is 50.3 Å². The van der Waals surface area contributed by atoms with E-state index >= 15 is 0 Å². The highest BCUT2D eigenvalue weighted by Gasteiger charge is 2.30. The Balaban J connectivity index is 2.32. The highest BCUT2D eigenvalue weighted by molar-refractivity contribution is 5.59. The highest BCUT2D eigenvalue weighted by Crippen LogP contribution is 2.29. The molecule has 0 saturated carbocycles. The van der Waals surface area contributed by atoms with E-state index in [0.29, 0.717) is 6.04 Å². The first-order valence-electron chi connectivity index (χ1n) is 7.05. The van der Waals surface area contributed by atoms with Crippen LogP contribution in [-0.4, -0.2) is 42.8 Å². The van der Waals surface area contributed by atoms with Crippen LogP contribution in [0.2, 0.25) is 0 Å². The van der Waals surface area contributed by atoms with E-state index in [4.69, 9.17) is 4.74 Å². The van der Waals surface area contributed by atoms with Gasteiger partial charge < -0.3 is 15.0 Å². The summed E-state index contributed by atoms with van der Waals surface area (Å²) in [5.74, 6) is 1.97. The predicted molar refractivity (Wildman–Crippen MR) is 77.8 cm³/mol. The van der Waals surface area contributed by atoms with Crippen LogP contribution in [0.5, 0.6) is 0 Å². The van der Waals surface area contributed by atoms with Gasteiger partial charge in [-0.05, 0) is 19.8 Å². The van der Waals surface area contributed by atoms with Crippen molar-refractivity contribution in [2.75, 3.05) is 30.9 Å². The molecule has 0 amide bonds. The van der Waals surface area contributed by atoms with Crippen molar-refractivity contribution in [3.8, 4) is 0 Å². The second-order valence-corrected chi connectivity index (χ2v) is 5.07. The predicted octanol–water partition coefficient (Wildman–Crippen LogP) is 2.08. The summed E-state index contributed by atoms with van der Waals surface area (Å²) in [4.78, 5) is 11.1. The molecule has 0 bridgehead atoms. The molecule has 1 saturated heterocycles. The molecule has 1 aromatic heterocycles. The summed E-state index contributed by atoms with van der Waals surface area (Å²) >= 11 is 0. The molecule has 106 valence electrons. The second-order valence-electron chi connectivity index (χ2n) is 5.07. The van der Waals surface area contributed by atoms with Gasteiger partial charge in [0.1, 0.15) is 18.0 Å². The third kappa shape index (κ3) is 2.81. The van der Waals surface area contributed by atoms with Crippen molar-refractivity contribution in [2.45, 2.75) is 45.3 Å². The van der Waals surface area contributed by atoms with Crippen molar-refractivity contribution in [1.29, 1.82) is 0 Å². The van der Waals surface area contributed by atoms with Crippen molar-refractivity contribution in [2.24, 2.45) is 0 Å². The number of rotatable bonds is 5. The van der Waals surface area contributed by atoms with E-state index in [-0.39, 0.29) is 6.10 Å². The molecule has 19 heavy (non-hydrogen) atoms. The molecule has 5 heteroatoms. The Morgan fingerprint density at radius 1 is 1.47 bits per heavy atom. The van der Waals surface area contributed by atoms with Gasteiger partial charge >= 0.3 is 0 Å². The first-order chi connectivity index (χ1) is 9.19. The molecule has 0 aliphatic carbocycles. The summed E-state index contributed by atoms with van der Waals surface area (Å²) in [5.41, 5.74) is 1.20. The van der Waals surface area contributed by atoms with E-state index in [1.54, 1.807) is 6.33 Å². The maximum atomic E-state index is 5.66. The summed E-state index contributed by atoms with van der Waals surface area (Å²) < 4.78 is 5.66. The molecular formula is C14H24N4O. The molecule has 2 unspecified atom stereocenters. The van der Waals surface area contributed by atoms with Crippen LogP contribution in [0.3, 0.4) is 0 Å². The Labute approximate surface area is 115 Å². The molecule has 0 spiro atoms. The minimum Gasteiger partial charge on any atom is -0.376 e. The lowest BCUT2D eigenvalue weighted by atomic mass is 10.1. The lowest BCUT2D eigenvalue weighted by molar-refractivity contribution is 0.118. The fraction of sp³-hybridized carbons (Fsp3) is 0.714. The zero-order chi connectivity index (χ0) is 13.8. The fourth-order valence-corrected chi connectivity index (χ4v) is 2.79. The van der Waals surface area contributed by atoms with Gasteiger partial charge in [0.2, 0.25) is 0 Å². The number of nitrogens with zero attached hydrogens (tertiary/aromatic N) is 3. The van der Waals surface area contributed by atoms with Crippen molar-refractivity contribution < 1.29 is 4.74 Å². The SMILES string of the molecule is CCCc1c(NC)ncnc1N(C)C1CCOC1C. The van der Waals surface area contributed by atoms with Gasteiger partial charge in [0.05, 0.1) is 12.1 Å². The Kier molecular flexibility index (Phi) is 4.58. The number of ether oxygens (including phenoxy) is 1. The number of nitrogens with one attached hydrogen (secondary N) is 1. The van der Waals surface area contributed by atoms with Gasteiger partial charge in [-0.15, -0.1) is 0 Å². The molecule has 1 fully saturated rings. The van der Waals surface area contributed by atoms with Gasteiger partial charge in [-0.1, -0.05) is 13.3 Å². The monoisotopic (exact) mass is 264 g/mol. The van der Waals surface area contributed by atoms with Crippen molar-refractivity contribution in [3.05, 3.63) is 11.9 Å². The van der Waals surface area contributed by atoms with Gasteiger partial charge in [0.15, 0.2) is 0 Å². The quantitative estimate of drug-likeness (QED) is 0.882. The van der Waals surface area contributed by atoms with Crippen LogP contribution in [0, 0.1) is 0 Å². The highest BCUT2D eigenvalue weighted by atomic mass is 16.5. The maximum Gasteiger partial charge on any atom is 0.137 e. The lowest BCUT2D eigenvalue weighted by Crippen LogP contribution is -2.38.